The second kappa shape index (κ2) is 4.61. The quantitative estimate of drug-likeness (QED) is 0.868. The Morgan fingerprint density at radius 3 is 2.60 bits per heavy atom. The molecule has 0 bridgehead atoms. The highest BCUT2D eigenvalue weighted by Gasteiger charge is 2.25. The number of carboxylic acid groups (broad SMARTS) is 1. The molecule has 1 rings (SSSR count). The van der Waals surface area contributed by atoms with E-state index in [0.717, 1.165) is 6.20 Å². The summed E-state index contributed by atoms with van der Waals surface area (Å²) in [4.78, 5) is 13.8. The predicted molar refractivity (Wildman–Crippen MR) is 48.7 cm³/mol. The van der Waals surface area contributed by atoms with E-state index in [1.807, 2.05) is 0 Å². The number of carboxylic acids is 1. The van der Waals surface area contributed by atoms with Gasteiger partial charge >= 0.3 is 5.97 Å². The highest BCUT2D eigenvalue weighted by atomic mass is 79.9. The highest BCUT2D eigenvalue weighted by Crippen LogP contribution is 2.27. The first kappa shape index (κ1) is 12.0. The first-order valence-corrected chi connectivity index (χ1v) is 4.85. The molecule has 1 N–H and O–H groups in total. The van der Waals surface area contributed by atoms with Crippen LogP contribution in [0.5, 0.6) is 0 Å². The number of rotatable bonds is 3. The molecule has 0 unspecified atom stereocenters. The van der Waals surface area contributed by atoms with Crippen LogP contribution < -0.4 is 0 Å². The lowest BCUT2D eigenvalue weighted by molar-refractivity contribution is 0.0674. The molecule has 0 aromatic carbocycles. The van der Waals surface area contributed by atoms with Gasteiger partial charge in [0.15, 0.2) is 5.69 Å². The number of pyridine rings is 1. The van der Waals surface area contributed by atoms with Crippen molar-refractivity contribution < 1.29 is 23.1 Å². The molecule has 0 atom stereocenters. The van der Waals surface area contributed by atoms with Crippen LogP contribution in [0.25, 0.3) is 0 Å². The number of aromatic carboxylic acids is 1. The minimum Gasteiger partial charge on any atom is -0.476 e. The summed E-state index contributed by atoms with van der Waals surface area (Å²) in [6.45, 7) is 0. The van der Waals surface area contributed by atoms with Gasteiger partial charge in [0.05, 0.1) is 5.56 Å². The molecule has 15 heavy (non-hydrogen) atoms. The molecule has 0 saturated carbocycles. The number of hydrogen-bond acceptors (Lipinski definition) is 2. The van der Waals surface area contributed by atoms with Gasteiger partial charge in [-0.15, -0.1) is 0 Å². The van der Waals surface area contributed by atoms with E-state index in [4.69, 9.17) is 5.11 Å². The van der Waals surface area contributed by atoms with Gasteiger partial charge < -0.3 is 5.11 Å². The van der Waals surface area contributed by atoms with Crippen LogP contribution >= 0.6 is 15.9 Å². The third-order valence-electron chi connectivity index (χ3n) is 1.69. The standard InChI is InChI=1S/C8H5BrF3NO2/c9-1-3-2-13-6(8(14)15)4(5(3)10)7(11)12/h2,7H,1H2,(H,14,15). The Bertz CT molecular complexity index is 398. The normalized spacial score (nSPS) is 10.7. The molecule has 1 heterocycles. The Morgan fingerprint density at radius 2 is 2.20 bits per heavy atom. The molecule has 82 valence electrons. The molecule has 1 aromatic rings. The predicted octanol–water partition coefficient (Wildman–Crippen LogP) is 2.75. The number of hydrogen-bond donors (Lipinski definition) is 1. The maximum absolute atomic E-state index is 13.3. The number of carbonyl (C=O) groups is 1. The van der Waals surface area contributed by atoms with Gasteiger partial charge in [0, 0.05) is 17.1 Å². The molecule has 0 amide bonds. The van der Waals surface area contributed by atoms with Gasteiger partial charge in [-0.2, -0.15) is 0 Å². The number of nitrogens with zero attached hydrogens (tertiary/aromatic N) is 1. The van der Waals surface area contributed by atoms with Gasteiger partial charge in [0.25, 0.3) is 6.43 Å². The second-order valence-electron chi connectivity index (χ2n) is 2.60. The molecule has 0 radical (unpaired) electrons. The summed E-state index contributed by atoms with van der Waals surface area (Å²) >= 11 is 2.88. The van der Waals surface area contributed by atoms with Crippen LogP contribution in [0.1, 0.15) is 28.0 Å². The van der Waals surface area contributed by atoms with E-state index in [1.54, 1.807) is 0 Å². The molecule has 7 heteroatoms. The monoisotopic (exact) mass is 283 g/mol. The molecule has 0 saturated heterocycles. The molecule has 1 aromatic heterocycles. The van der Waals surface area contributed by atoms with Crippen molar-refractivity contribution in [2.45, 2.75) is 11.8 Å². The Morgan fingerprint density at radius 1 is 1.60 bits per heavy atom. The van der Waals surface area contributed by atoms with Crippen LogP contribution in [-0.4, -0.2) is 16.1 Å². The topological polar surface area (TPSA) is 50.2 Å². The molecule has 0 aliphatic rings. The molecule has 0 fully saturated rings. The van der Waals surface area contributed by atoms with Crippen LogP contribution in [-0.2, 0) is 5.33 Å². The van der Waals surface area contributed by atoms with Crippen molar-refractivity contribution in [2.75, 3.05) is 0 Å². The van der Waals surface area contributed by atoms with Gasteiger partial charge in [-0.25, -0.2) is 22.9 Å². The van der Waals surface area contributed by atoms with Gasteiger partial charge in [-0.1, -0.05) is 15.9 Å². The number of aromatic nitrogens is 1. The van der Waals surface area contributed by atoms with Crippen LogP contribution in [0.4, 0.5) is 13.2 Å². The van der Waals surface area contributed by atoms with Crippen molar-refractivity contribution in [3.05, 3.63) is 28.8 Å². The van der Waals surface area contributed by atoms with Crippen molar-refractivity contribution in [3.63, 3.8) is 0 Å². The third kappa shape index (κ3) is 2.28. The fourth-order valence-corrected chi connectivity index (χ4v) is 1.40. The zero-order valence-corrected chi connectivity index (χ0v) is 8.76. The fourth-order valence-electron chi connectivity index (χ4n) is 1.01. The molecule has 0 aliphatic heterocycles. The van der Waals surface area contributed by atoms with E-state index in [1.165, 1.54) is 0 Å². The molecule has 0 spiro atoms. The van der Waals surface area contributed by atoms with E-state index >= 15 is 0 Å². The van der Waals surface area contributed by atoms with E-state index < -0.39 is 29.5 Å². The minimum absolute atomic E-state index is 0.00848. The number of halogens is 4. The molecular formula is C8H5BrF3NO2. The highest BCUT2D eigenvalue weighted by molar-refractivity contribution is 9.08. The van der Waals surface area contributed by atoms with Crippen molar-refractivity contribution in [2.24, 2.45) is 0 Å². The Labute approximate surface area is 91.1 Å². The van der Waals surface area contributed by atoms with E-state index in [9.17, 15) is 18.0 Å². The van der Waals surface area contributed by atoms with Crippen molar-refractivity contribution in [1.29, 1.82) is 0 Å². The van der Waals surface area contributed by atoms with Crippen molar-refractivity contribution in [1.82, 2.24) is 4.98 Å². The average Bonchev–Trinajstić information content (AvgIpc) is 2.16. The van der Waals surface area contributed by atoms with E-state index in [2.05, 4.69) is 20.9 Å². The fraction of sp³-hybridized carbons (Fsp3) is 0.250. The maximum atomic E-state index is 13.3. The van der Waals surface area contributed by atoms with Crippen molar-refractivity contribution >= 4 is 21.9 Å². The molecule has 3 nitrogen and oxygen atoms in total. The lowest BCUT2D eigenvalue weighted by Gasteiger charge is -2.08. The number of alkyl halides is 3. The smallest absolute Gasteiger partial charge is 0.355 e. The van der Waals surface area contributed by atoms with Crippen LogP contribution in [0, 0.1) is 5.82 Å². The summed E-state index contributed by atoms with van der Waals surface area (Å²) < 4.78 is 38.1. The van der Waals surface area contributed by atoms with E-state index in [0.29, 0.717) is 0 Å². The van der Waals surface area contributed by atoms with Gasteiger partial charge in [-0.3, -0.25) is 0 Å². The summed E-state index contributed by atoms with van der Waals surface area (Å²) in [7, 11) is 0. The zero-order chi connectivity index (χ0) is 11.6. The Balaban J connectivity index is 3.44. The van der Waals surface area contributed by atoms with E-state index in [-0.39, 0.29) is 10.9 Å². The zero-order valence-electron chi connectivity index (χ0n) is 7.18. The minimum atomic E-state index is -3.21. The summed E-state index contributed by atoms with van der Waals surface area (Å²) in [5.74, 6) is -2.90. The lowest BCUT2D eigenvalue weighted by atomic mass is 10.1. The lowest BCUT2D eigenvalue weighted by Crippen LogP contribution is -2.10. The van der Waals surface area contributed by atoms with Crippen molar-refractivity contribution in [3.8, 4) is 0 Å². The summed E-state index contributed by atoms with van der Waals surface area (Å²) in [5, 5.41) is 8.52. The first-order valence-electron chi connectivity index (χ1n) is 3.73. The average molecular weight is 284 g/mol. The SMILES string of the molecule is O=C(O)c1ncc(CBr)c(F)c1C(F)F. The van der Waals surface area contributed by atoms with Gasteiger partial charge in [0.2, 0.25) is 0 Å². The Hall–Kier alpha value is -1.11. The van der Waals surface area contributed by atoms with Gasteiger partial charge in [-0.05, 0) is 0 Å². The largest absolute Gasteiger partial charge is 0.476 e. The molecule has 0 aliphatic carbocycles. The summed E-state index contributed by atoms with van der Waals surface area (Å²) in [5.41, 5.74) is -2.22. The summed E-state index contributed by atoms with van der Waals surface area (Å²) in [6, 6.07) is 0. The van der Waals surface area contributed by atoms with Crippen LogP contribution in [0.3, 0.4) is 0 Å². The Kier molecular flexibility index (Phi) is 3.67. The summed E-state index contributed by atoms with van der Waals surface area (Å²) in [6.07, 6.45) is -2.29. The van der Waals surface area contributed by atoms with Crippen LogP contribution in [0.15, 0.2) is 6.20 Å². The van der Waals surface area contributed by atoms with Gasteiger partial charge in [0.1, 0.15) is 5.82 Å². The molecular weight excluding hydrogens is 279 g/mol. The third-order valence-corrected chi connectivity index (χ3v) is 2.29. The first-order chi connectivity index (χ1) is 6.99. The van der Waals surface area contributed by atoms with Crippen LogP contribution in [0.2, 0.25) is 0 Å². The second-order valence-corrected chi connectivity index (χ2v) is 3.16. The maximum Gasteiger partial charge on any atom is 0.355 e.